The summed E-state index contributed by atoms with van der Waals surface area (Å²) in [6.07, 6.45) is 0.205. The Kier molecular flexibility index (Phi) is 3.28. The molecule has 0 amide bonds. The number of hydrogen-bond donors (Lipinski definition) is 0. The summed E-state index contributed by atoms with van der Waals surface area (Å²) in [4.78, 5) is 16.4. The molecule has 0 bridgehead atoms. The average molecular weight is 279 g/mol. The van der Waals surface area contributed by atoms with Gasteiger partial charge in [-0.3, -0.25) is 4.79 Å². The lowest BCUT2D eigenvalue weighted by molar-refractivity contribution is -0.126. The molecule has 1 aromatic heterocycles. The van der Waals surface area contributed by atoms with Crippen LogP contribution in [0.3, 0.4) is 0 Å². The second-order valence-electron chi connectivity index (χ2n) is 5.35. The van der Waals surface area contributed by atoms with Crippen molar-refractivity contribution in [1.82, 2.24) is 4.98 Å². The molecule has 3 nitrogen and oxygen atoms in total. The lowest BCUT2D eigenvalue weighted by Crippen LogP contribution is -2.29. The van der Waals surface area contributed by atoms with Gasteiger partial charge in [-0.25, -0.2) is 13.8 Å². The van der Waals surface area contributed by atoms with Crippen LogP contribution in [-0.2, 0) is 11.2 Å². The van der Waals surface area contributed by atoms with E-state index in [1.54, 1.807) is 6.07 Å². The average Bonchev–Trinajstić information content (AvgIpc) is 2.80. The summed E-state index contributed by atoms with van der Waals surface area (Å²) in [7, 11) is 0. The van der Waals surface area contributed by atoms with Crippen molar-refractivity contribution in [3.63, 3.8) is 0 Å². The van der Waals surface area contributed by atoms with Gasteiger partial charge in [-0.05, 0) is 25.0 Å². The Bertz CT molecular complexity index is 593. The molecule has 1 aliphatic rings. The fourth-order valence-electron chi connectivity index (χ4n) is 2.65. The molecule has 0 radical (unpaired) electrons. The maximum absolute atomic E-state index is 13.1. The minimum atomic E-state index is -2.60. The Labute approximate surface area is 115 Å². The Hall–Kier alpha value is -1.78. The van der Waals surface area contributed by atoms with E-state index in [2.05, 4.69) is 4.98 Å². The number of rotatable bonds is 3. The molecule has 0 aliphatic heterocycles. The number of oxazole rings is 1. The largest absolute Gasteiger partial charge is 0.440 e. The third kappa shape index (κ3) is 2.71. The molecule has 5 heteroatoms. The van der Waals surface area contributed by atoms with Gasteiger partial charge in [0.25, 0.3) is 0 Å². The van der Waals surface area contributed by atoms with E-state index < -0.39 is 5.92 Å². The van der Waals surface area contributed by atoms with Crippen molar-refractivity contribution in [3.05, 3.63) is 30.2 Å². The smallest absolute Gasteiger partial charge is 0.248 e. The lowest BCUT2D eigenvalue weighted by Gasteiger charge is -2.26. The van der Waals surface area contributed by atoms with Crippen LogP contribution in [0.5, 0.6) is 0 Å². The van der Waals surface area contributed by atoms with E-state index in [0.717, 1.165) is 0 Å². The molecule has 1 fully saturated rings. The molecule has 2 aromatic rings. The Morgan fingerprint density at radius 1 is 1.30 bits per heavy atom. The number of nitrogens with zero attached hydrogens (tertiary/aromatic N) is 1. The van der Waals surface area contributed by atoms with E-state index in [1.165, 1.54) is 0 Å². The van der Waals surface area contributed by atoms with E-state index in [9.17, 15) is 13.6 Å². The fraction of sp³-hybridized carbons (Fsp3) is 0.467. The van der Waals surface area contributed by atoms with E-state index in [1.807, 2.05) is 18.2 Å². The Morgan fingerprint density at radius 2 is 2.00 bits per heavy atom. The molecule has 1 heterocycles. The molecular weight excluding hydrogens is 264 g/mol. The molecule has 0 atom stereocenters. The zero-order valence-electron chi connectivity index (χ0n) is 10.9. The normalized spacial score (nSPS) is 19.3. The van der Waals surface area contributed by atoms with Crippen LogP contribution in [0.4, 0.5) is 8.78 Å². The number of carbonyl (C=O) groups excluding carboxylic acids is 1. The van der Waals surface area contributed by atoms with Crippen molar-refractivity contribution in [2.24, 2.45) is 5.92 Å². The summed E-state index contributed by atoms with van der Waals surface area (Å²) in [6.45, 7) is 0. The molecule has 1 aromatic carbocycles. The van der Waals surface area contributed by atoms with Gasteiger partial charge in [0.2, 0.25) is 11.8 Å². The number of hydrogen-bond acceptors (Lipinski definition) is 3. The number of halogens is 2. The predicted octanol–water partition coefficient (Wildman–Crippen LogP) is 3.76. The monoisotopic (exact) mass is 279 g/mol. The van der Waals surface area contributed by atoms with Gasteiger partial charge in [-0.2, -0.15) is 0 Å². The molecule has 0 saturated heterocycles. The Balaban J connectivity index is 1.67. The van der Waals surface area contributed by atoms with Crippen LogP contribution in [0.2, 0.25) is 0 Å². The van der Waals surface area contributed by atoms with Crippen LogP contribution in [0.25, 0.3) is 11.1 Å². The van der Waals surface area contributed by atoms with Crippen LogP contribution in [0, 0.1) is 5.92 Å². The predicted molar refractivity (Wildman–Crippen MR) is 69.6 cm³/mol. The second-order valence-corrected chi connectivity index (χ2v) is 5.35. The maximum Gasteiger partial charge on any atom is 0.248 e. The van der Waals surface area contributed by atoms with Crippen LogP contribution < -0.4 is 0 Å². The first-order valence-corrected chi connectivity index (χ1v) is 6.78. The van der Waals surface area contributed by atoms with E-state index in [0.29, 0.717) is 17.0 Å². The zero-order valence-corrected chi connectivity index (χ0v) is 10.9. The van der Waals surface area contributed by atoms with Crippen molar-refractivity contribution in [1.29, 1.82) is 0 Å². The van der Waals surface area contributed by atoms with Gasteiger partial charge in [0.1, 0.15) is 11.3 Å². The van der Waals surface area contributed by atoms with E-state index in [4.69, 9.17) is 4.42 Å². The number of alkyl halides is 2. The summed E-state index contributed by atoms with van der Waals surface area (Å²) in [5, 5.41) is 0. The number of benzene rings is 1. The standard InChI is InChI=1S/C15H15F2NO2/c16-15(17)7-5-10(6-8-15)12(19)9-14-18-11-3-1-2-4-13(11)20-14/h1-4,10H,5-9H2. The number of fused-ring (bicyclic) bond motifs is 1. The number of ketones is 1. The summed E-state index contributed by atoms with van der Waals surface area (Å²) in [5.74, 6) is -2.57. The molecule has 0 N–H and O–H groups in total. The highest BCUT2D eigenvalue weighted by atomic mass is 19.3. The van der Waals surface area contributed by atoms with Crippen molar-refractivity contribution >= 4 is 16.9 Å². The van der Waals surface area contributed by atoms with E-state index in [-0.39, 0.29) is 43.8 Å². The molecule has 1 saturated carbocycles. The fourth-order valence-corrected chi connectivity index (χ4v) is 2.65. The van der Waals surface area contributed by atoms with Gasteiger partial charge < -0.3 is 4.42 Å². The van der Waals surface area contributed by atoms with Gasteiger partial charge in [-0.1, -0.05) is 12.1 Å². The first-order chi connectivity index (χ1) is 9.53. The molecule has 3 rings (SSSR count). The summed E-state index contributed by atoms with van der Waals surface area (Å²) in [6, 6.07) is 7.29. The van der Waals surface area contributed by atoms with Gasteiger partial charge in [0.15, 0.2) is 5.58 Å². The number of aromatic nitrogens is 1. The molecule has 106 valence electrons. The van der Waals surface area contributed by atoms with Crippen LogP contribution in [-0.4, -0.2) is 16.7 Å². The first kappa shape index (κ1) is 13.2. The van der Waals surface area contributed by atoms with Crippen molar-refractivity contribution < 1.29 is 18.0 Å². The topological polar surface area (TPSA) is 43.1 Å². The van der Waals surface area contributed by atoms with Crippen LogP contribution >= 0.6 is 0 Å². The first-order valence-electron chi connectivity index (χ1n) is 6.78. The summed E-state index contributed by atoms with van der Waals surface area (Å²) in [5.41, 5.74) is 1.36. The minimum absolute atomic E-state index is 0.0490. The lowest BCUT2D eigenvalue weighted by atomic mass is 9.83. The Morgan fingerprint density at radius 3 is 2.70 bits per heavy atom. The second kappa shape index (κ2) is 4.96. The molecular formula is C15H15F2NO2. The SMILES string of the molecule is O=C(Cc1nc2ccccc2o1)C1CCC(F)(F)CC1. The molecule has 1 aliphatic carbocycles. The minimum Gasteiger partial charge on any atom is -0.440 e. The highest BCUT2D eigenvalue weighted by molar-refractivity contribution is 5.83. The number of para-hydroxylation sites is 2. The maximum atomic E-state index is 13.1. The third-order valence-electron chi connectivity index (χ3n) is 3.84. The van der Waals surface area contributed by atoms with Crippen molar-refractivity contribution in [3.8, 4) is 0 Å². The number of carbonyl (C=O) groups is 1. The highest BCUT2D eigenvalue weighted by Gasteiger charge is 2.37. The van der Waals surface area contributed by atoms with E-state index >= 15 is 0 Å². The molecule has 0 spiro atoms. The van der Waals surface area contributed by atoms with Gasteiger partial charge in [0, 0.05) is 18.8 Å². The van der Waals surface area contributed by atoms with Gasteiger partial charge in [-0.15, -0.1) is 0 Å². The zero-order chi connectivity index (χ0) is 14.2. The molecule has 20 heavy (non-hydrogen) atoms. The summed E-state index contributed by atoms with van der Waals surface area (Å²) >= 11 is 0. The molecule has 0 unspecified atom stereocenters. The highest BCUT2D eigenvalue weighted by Crippen LogP contribution is 2.36. The number of Topliss-reactive ketones (excluding diaryl/α,β-unsaturated/α-hetero) is 1. The van der Waals surface area contributed by atoms with Crippen molar-refractivity contribution in [2.45, 2.75) is 38.0 Å². The van der Waals surface area contributed by atoms with Crippen molar-refractivity contribution in [2.75, 3.05) is 0 Å². The van der Waals surface area contributed by atoms with Crippen LogP contribution in [0.1, 0.15) is 31.6 Å². The third-order valence-corrected chi connectivity index (χ3v) is 3.84. The quantitative estimate of drug-likeness (QED) is 0.859. The summed E-state index contributed by atoms with van der Waals surface area (Å²) < 4.78 is 31.6. The van der Waals surface area contributed by atoms with Crippen LogP contribution in [0.15, 0.2) is 28.7 Å². The van der Waals surface area contributed by atoms with Gasteiger partial charge >= 0.3 is 0 Å². The van der Waals surface area contributed by atoms with Gasteiger partial charge in [0.05, 0.1) is 6.42 Å².